The smallest absolute Gasteiger partial charge is 0.416 e. The maximum absolute atomic E-state index is 12.9. The summed E-state index contributed by atoms with van der Waals surface area (Å²) in [6.07, 6.45) is -4.57. The highest BCUT2D eigenvalue weighted by molar-refractivity contribution is 5.69. The highest BCUT2D eigenvalue weighted by Gasteiger charge is 2.33. The summed E-state index contributed by atoms with van der Waals surface area (Å²) in [7, 11) is 1.30. The van der Waals surface area contributed by atoms with Crippen molar-refractivity contribution in [2.45, 2.75) is 25.9 Å². The summed E-state index contributed by atoms with van der Waals surface area (Å²) >= 11 is 0. The number of ether oxygens (including phenoxy) is 2. The van der Waals surface area contributed by atoms with Gasteiger partial charge in [-0.1, -0.05) is 6.07 Å². The molecule has 0 fully saturated rings. The topological polar surface area (TPSA) is 35.5 Å². The molecule has 1 aromatic carbocycles. The van der Waals surface area contributed by atoms with Gasteiger partial charge < -0.3 is 9.47 Å². The minimum absolute atomic E-state index is 0.0162. The Morgan fingerprint density at radius 1 is 1.32 bits per heavy atom. The van der Waals surface area contributed by atoms with E-state index in [0.717, 1.165) is 6.07 Å². The molecule has 6 heteroatoms. The van der Waals surface area contributed by atoms with Crippen molar-refractivity contribution in [2.75, 3.05) is 13.7 Å². The van der Waals surface area contributed by atoms with E-state index in [1.54, 1.807) is 6.92 Å². The number of aryl methyl sites for hydroxylation is 1. The molecule has 0 aromatic heterocycles. The average molecular weight is 276 g/mol. The third-order valence-electron chi connectivity index (χ3n) is 2.53. The zero-order valence-electron chi connectivity index (χ0n) is 10.7. The van der Waals surface area contributed by atoms with Crippen LogP contribution in [0.3, 0.4) is 0 Å². The maximum atomic E-state index is 12.9. The van der Waals surface area contributed by atoms with Gasteiger partial charge in [-0.05, 0) is 31.0 Å². The van der Waals surface area contributed by atoms with Gasteiger partial charge in [-0.15, -0.1) is 0 Å². The fourth-order valence-electron chi connectivity index (χ4n) is 1.63. The molecule has 0 atom stereocenters. The van der Waals surface area contributed by atoms with E-state index in [2.05, 4.69) is 4.74 Å². The molecule has 0 N–H and O–H groups in total. The SMILES string of the molecule is CCOC(=O)CCc1ccc(OC)cc1C(F)(F)F. The van der Waals surface area contributed by atoms with Gasteiger partial charge in [0.2, 0.25) is 0 Å². The van der Waals surface area contributed by atoms with Crippen LogP contribution in [0.1, 0.15) is 24.5 Å². The van der Waals surface area contributed by atoms with Crippen molar-refractivity contribution in [1.82, 2.24) is 0 Å². The molecule has 0 radical (unpaired) electrons. The van der Waals surface area contributed by atoms with Crippen molar-refractivity contribution < 1.29 is 27.4 Å². The number of hydrogen-bond donors (Lipinski definition) is 0. The van der Waals surface area contributed by atoms with Crippen LogP contribution >= 0.6 is 0 Å². The molecule has 1 aromatic rings. The third-order valence-corrected chi connectivity index (χ3v) is 2.53. The van der Waals surface area contributed by atoms with Crippen molar-refractivity contribution in [3.8, 4) is 5.75 Å². The van der Waals surface area contributed by atoms with Crippen molar-refractivity contribution in [3.05, 3.63) is 29.3 Å². The lowest BCUT2D eigenvalue weighted by Crippen LogP contribution is -2.12. The first-order valence-corrected chi connectivity index (χ1v) is 5.78. The number of halogens is 3. The van der Waals surface area contributed by atoms with Crippen molar-refractivity contribution in [1.29, 1.82) is 0 Å². The minimum Gasteiger partial charge on any atom is -0.497 e. The number of benzene rings is 1. The lowest BCUT2D eigenvalue weighted by Gasteiger charge is -2.14. The zero-order chi connectivity index (χ0) is 14.5. The van der Waals surface area contributed by atoms with Crippen LogP contribution in [0, 0.1) is 0 Å². The van der Waals surface area contributed by atoms with Gasteiger partial charge in [0.15, 0.2) is 0 Å². The van der Waals surface area contributed by atoms with E-state index in [1.165, 1.54) is 19.2 Å². The Labute approximate surface area is 109 Å². The molecule has 0 spiro atoms. The minimum atomic E-state index is -4.47. The predicted octanol–water partition coefficient (Wildman–Crippen LogP) is 3.21. The summed E-state index contributed by atoms with van der Waals surface area (Å²) in [6, 6.07) is 3.69. The van der Waals surface area contributed by atoms with Crippen LogP contribution in [0.5, 0.6) is 5.75 Å². The summed E-state index contributed by atoms with van der Waals surface area (Å²) < 4.78 is 48.1. The molecule has 0 unspecified atom stereocenters. The fourth-order valence-corrected chi connectivity index (χ4v) is 1.63. The Morgan fingerprint density at radius 2 is 2.00 bits per heavy atom. The molecule has 0 bridgehead atoms. The van der Waals surface area contributed by atoms with Gasteiger partial charge in [0.25, 0.3) is 0 Å². The van der Waals surface area contributed by atoms with Crippen molar-refractivity contribution in [2.24, 2.45) is 0 Å². The van der Waals surface area contributed by atoms with E-state index in [0.29, 0.717) is 0 Å². The third kappa shape index (κ3) is 4.46. The number of methoxy groups -OCH3 is 1. The second-order valence-electron chi connectivity index (χ2n) is 3.83. The van der Waals surface area contributed by atoms with Gasteiger partial charge in [0.1, 0.15) is 5.75 Å². The van der Waals surface area contributed by atoms with Gasteiger partial charge in [-0.3, -0.25) is 4.79 Å². The Bertz CT molecular complexity index is 441. The van der Waals surface area contributed by atoms with Crippen LogP contribution in [-0.2, 0) is 22.1 Å². The normalized spacial score (nSPS) is 11.2. The molecule has 0 aliphatic rings. The molecule has 3 nitrogen and oxygen atoms in total. The number of carbonyl (C=O) groups is 1. The van der Waals surface area contributed by atoms with Crippen LogP contribution in [0.15, 0.2) is 18.2 Å². The van der Waals surface area contributed by atoms with Crippen LogP contribution < -0.4 is 4.74 Å². The van der Waals surface area contributed by atoms with Gasteiger partial charge in [0.05, 0.1) is 19.3 Å². The summed E-state index contributed by atoms with van der Waals surface area (Å²) in [5.74, 6) is -0.376. The van der Waals surface area contributed by atoms with Crippen molar-refractivity contribution in [3.63, 3.8) is 0 Å². The first-order valence-electron chi connectivity index (χ1n) is 5.78. The van der Waals surface area contributed by atoms with Gasteiger partial charge in [-0.25, -0.2) is 0 Å². The largest absolute Gasteiger partial charge is 0.497 e. The van der Waals surface area contributed by atoms with Crippen LogP contribution in [0.4, 0.5) is 13.2 Å². The van der Waals surface area contributed by atoms with E-state index in [4.69, 9.17) is 4.74 Å². The number of esters is 1. The van der Waals surface area contributed by atoms with E-state index in [9.17, 15) is 18.0 Å². The van der Waals surface area contributed by atoms with E-state index >= 15 is 0 Å². The highest BCUT2D eigenvalue weighted by Crippen LogP contribution is 2.34. The molecule has 0 aliphatic heterocycles. The molecule has 0 aliphatic carbocycles. The fraction of sp³-hybridized carbons (Fsp3) is 0.462. The van der Waals surface area contributed by atoms with Crippen LogP contribution in [0.25, 0.3) is 0 Å². The number of alkyl halides is 3. The van der Waals surface area contributed by atoms with E-state index in [1.807, 2.05) is 0 Å². The molecule has 0 saturated carbocycles. The lowest BCUT2D eigenvalue weighted by atomic mass is 10.0. The highest BCUT2D eigenvalue weighted by atomic mass is 19.4. The molecule has 0 heterocycles. The number of hydrogen-bond acceptors (Lipinski definition) is 3. The molecule has 19 heavy (non-hydrogen) atoms. The first-order chi connectivity index (χ1) is 8.88. The molecular formula is C13H15F3O3. The van der Waals surface area contributed by atoms with E-state index < -0.39 is 17.7 Å². The van der Waals surface area contributed by atoms with Gasteiger partial charge in [-0.2, -0.15) is 13.2 Å². The summed E-state index contributed by atoms with van der Waals surface area (Å²) in [5.41, 5.74) is -0.725. The lowest BCUT2D eigenvalue weighted by molar-refractivity contribution is -0.144. The van der Waals surface area contributed by atoms with Gasteiger partial charge >= 0.3 is 12.1 Å². The van der Waals surface area contributed by atoms with Gasteiger partial charge in [0, 0.05) is 6.42 Å². The standard InChI is InChI=1S/C13H15F3O3/c1-3-19-12(17)7-5-9-4-6-10(18-2)8-11(9)13(14,15)16/h4,6,8H,3,5,7H2,1-2H3. The Morgan fingerprint density at radius 3 is 2.53 bits per heavy atom. The summed E-state index contributed by atoms with van der Waals surface area (Å²) in [6.45, 7) is 1.86. The monoisotopic (exact) mass is 276 g/mol. The second-order valence-corrected chi connectivity index (χ2v) is 3.83. The second kappa shape index (κ2) is 6.45. The predicted molar refractivity (Wildman–Crippen MR) is 63.0 cm³/mol. The average Bonchev–Trinajstić information content (AvgIpc) is 2.35. The molecule has 0 amide bonds. The van der Waals surface area contributed by atoms with Crippen LogP contribution in [-0.4, -0.2) is 19.7 Å². The Hall–Kier alpha value is -1.72. The van der Waals surface area contributed by atoms with Crippen LogP contribution in [0.2, 0.25) is 0 Å². The molecular weight excluding hydrogens is 261 g/mol. The molecule has 1 rings (SSSR count). The summed E-state index contributed by atoms with van der Waals surface area (Å²) in [5, 5.41) is 0. The number of carbonyl (C=O) groups excluding carboxylic acids is 1. The van der Waals surface area contributed by atoms with E-state index in [-0.39, 0.29) is 30.8 Å². The molecule has 106 valence electrons. The molecule has 0 saturated heterocycles. The quantitative estimate of drug-likeness (QED) is 0.775. The summed E-state index contributed by atoms with van der Waals surface area (Å²) in [4.78, 5) is 11.2. The van der Waals surface area contributed by atoms with Crippen molar-refractivity contribution >= 4 is 5.97 Å². The Kier molecular flexibility index (Phi) is 5.20. The Balaban J connectivity index is 2.91. The number of rotatable bonds is 5. The zero-order valence-corrected chi connectivity index (χ0v) is 10.7. The maximum Gasteiger partial charge on any atom is 0.416 e. The first kappa shape index (κ1) is 15.3.